The molecule has 0 aliphatic carbocycles. The Hall–Kier alpha value is -1.59. The van der Waals surface area contributed by atoms with Crippen molar-refractivity contribution in [3.8, 4) is 0 Å². The third kappa shape index (κ3) is 5.80. The topological polar surface area (TPSA) is 94.9 Å². The maximum Gasteiger partial charge on any atom is 0.321 e. The van der Waals surface area contributed by atoms with E-state index in [9.17, 15) is 24.6 Å². The minimum atomic E-state index is -1.73. The highest BCUT2D eigenvalue weighted by molar-refractivity contribution is 5.98. The van der Waals surface area contributed by atoms with Crippen molar-refractivity contribution in [1.29, 1.82) is 0 Å². The zero-order valence-corrected chi connectivity index (χ0v) is 14.8. The molecule has 138 valence electrons. The Morgan fingerprint density at radius 2 is 1.29 bits per heavy atom. The predicted octanol–water partition coefficient (Wildman–Crippen LogP) is 3.30. The average Bonchev–Trinajstić information content (AvgIpc) is 2.56. The fraction of sp³-hybridized carbons (Fsp3) is 0.833. The van der Waals surface area contributed by atoms with E-state index in [0.717, 1.165) is 19.3 Å². The van der Waals surface area contributed by atoms with Crippen LogP contribution in [-0.2, 0) is 14.4 Å². The Morgan fingerprint density at radius 1 is 0.833 bits per heavy atom. The normalized spacial score (nSPS) is 16.8. The van der Waals surface area contributed by atoms with E-state index in [4.69, 9.17) is 0 Å². The molecule has 0 radical (unpaired) electrons. The van der Waals surface area contributed by atoms with Gasteiger partial charge in [-0.1, -0.05) is 51.9 Å². The van der Waals surface area contributed by atoms with Crippen molar-refractivity contribution in [3.63, 3.8) is 0 Å². The van der Waals surface area contributed by atoms with Gasteiger partial charge in [-0.2, -0.15) is 0 Å². The summed E-state index contributed by atoms with van der Waals surface area (Å²) in [5.41, 5.74) is -1.73. The third-order valence-electron chi connectivity index (χ3n) is 5.03. The standard InChI is InChI=1S/C18H31NO5/c1-2-3-4-5-6-7-8-9-10-15(20)19-13-11-18(12-14-19,16(21)22)17(23)24/h2-14H2,1H3,(H,21,22)(H,23,24). The summed E-state index contributed by atoms with van der Waals surface area (Å²) in [6.07, 6.45) is 9.81. The van der Waals surface area contributed by atoms with Crippen LogP contribution in [0.25, 0.3) is 0 Å². The second-order valence-electron chi connectivity index (χ2n) is 6.80. The Balaban J connectivity index is 2.22. The van der Waals surface area contributed by atoms with Gasteiger partial charge in [-0.3, -0.25) is 14.4 Å². The van der Waals surface area contributed by atoms with Crippen LogP contribution in [-0.4, -0.2) is 46.0 Å². The molecule has 1 aliphatic rings. The lowest BCUT2D eigenvalue weighted by molar-refractivity contribution is -0.169. The second-order valence-corrected chi connectivity index (χ2v) is 6.80. The average molecular weight is 341 g/mol. The second kappa shape index (κ2) is 10.3. The Labute approximate surface area is 144 Å². The summed E-state index contributed by atoms with van der Waals surface area (Å²) in [6, 6.07) is 0. The van der Waals surface area contributed by atoms with Gasteiger partial charge in [-0.25, -0.2) is 0 Å². The molecule has 24 heavy (non-hydrogen) atoms. The summed E-state index contributed by atoms with van der Waals surface area (Å²) in [7, 11) is 0. The van der Waals surface area contributed by atoms with Crippen molar-refractivity contribution in [2.45, 2.75) is 77.6 Å². The largest absolute Gasteiger partial charge is 0.480 e. The highest BCUT2D eigenvalue weighted by Gasteiger charge is 2.49. The van der Waals surface area contributed by atoms with E-state index < -0.39 is 17.4 Å². The summed E-state index contributed by atoms with van der Waals surface area (Å²) in [5, 5.41) is 18.4. The molecular weight excluding hydrogens is 310 g/mol. The predicted molar refractivity (Wildman–Crippen MR) is 90.7 cm³/mol. The van der Waals surface area contributed by atoms with E-state index in [0.29, 0.717) is 6.42 Å². The van der Waals surface area contributed by atoms with Crippen LogP contribution >= 0.6 is 0 Å². The molecule has 1 heterocycles. The number of piperidine rings is 1. The molecule has 0 atom stereocenters. The fourth-order valence-corrected chi connectivity index (χ4v) is 3.23. The summed E-state index contributed by atoms with van der Waals surface area (Å²) < 4.78 is 0. The van der Waals surface area contributed by atoms with Crippen LogP contribution in [0.2, 0.25) is 0 Å². The summed E-state index contributed by atoms with van der Waals surface area (Å²) >= 11 is 0. The monoisotopic (exact) mass is 341 g/mol. The van der Waals surface area contributed by atoms with Crippen molar-refractivity contribution in [2.24, 2.45) is 5.41 Å². The van der Waals surface area contributed by atoms with Gasteiger partial charge >= 0.3 is 11.9 Å². The lowest BCUT2D eigenvalue weighted by atomic mass is 9.78. The molecular formula is C18H31NO5. The fourth-order valence-electron chi connectivity index (χ4n) is 3.23. The van der Waals surface area contributed by atoms with Gasteiger partial charge in [-0.05, 0) is 19.3 Å². The molecule has 0 bridgehead atoms. The molecule has 0 unspecified atom stereocenters. The number of hydrogen-bond donors (Lipinski definition) is 2. The van der Waals surface area contributed by atoms with Crippen LogP contribution in [0.1, 0.15) is 77.6 Å². The van der Waals surface area contributed by atoms with Gasteiger partial charge in [0.2, 0.25) is 5.91 Å². The SMILES string of the molecule is CCCCCCCCCCC(=O)N1CCC(C(=O)O)(C(=O)O)CC1. The molecule has 1 amide bonds. The number of carboxylic acids is 2. The smallest absolute Gasteiger partial charge is 0.321 e. The lowest BCUT2D eigenvalue weighted by Crippen LogP contribution is -2.50. The third-order valence-corrected chi connectivity index (χ3v) is 5.03. The number of carbonyl (C=O) groups excluding carboxylic acids is 1. The summed E-state index contributed by atoms with van der Waals surface area (Å²) in [4.78, 5) is 36.3. The van der Waals surface area contributed by atoms with Gasteiger partial charge < -0.3 is 15.1 Å². The van der Waals surface area contributed by atoms with Crippen LogP contribution in [0.3, 0.4) is 0 Å². The maximum atomic E-state index is 12.2. The van der Waals surface area contributed by atoms with Gasteiger partial charge in [0, 0.05) is 19.5 Å². The maximum absolute atomic E-state index is 12.2. The first-order valence-corrected chi connectivity index (χ1v) is 9.18. The highest BCUT2D eigenvalue weighted by atomic mass is 16.4. The molecule has 2 N–H and O–H groups in total. The minimum absolute atomic E-state index is 0.0131. The Bertz CT molecular complexity index is 411. The van der Waals surface area contributed by atoms with Gasteiger partial charge in [-0.15, -0.1) is 0 Å². The quantitative estimate of drug-likeness (QED) is 0.444. The lowest BCUT2D eigenvalue weighted by Gasteiger charge is -2.36. The van der Waals surface area contributed by atoms with Gasteiger partial charge in [0.05, 0.1) is 0 Å². The molecule has 0 aromatic carbocycles. The van der Waals surface area contributed by atoms with Crippen LogP contribution in [0, 0.1) is 5.41 Å². The van der Waals surface area contributed by atoms with Gasteiger partial charge in [0.1, 0.15) is 0 Å². The molecule has 1 saturated heterocycles. The molecule has 6 nitrogen and oxygen atoms in total. The number of hydrogen-bond acceptors (Lipinski definition) is 3. The van der Waals surface area contributed by atoms with Crippen molar-refractivity contribution in [3.05, 3.63) is 0 Å². The van der Waals surface area contributed by atoms with Crippen LogP contribution in [0.4, 0.5) is 0 Å². The molecule has 1 aliphatic heterocycles. The van der Waals surface area contributed by atoms with E-state index in [-0.39, 0.29) is 31.8 Å². The van der Waals surface area contributed by atoms with Crippen molar-refractivity contribution in [1.82, 2.24) is 4.90 Å². The zero-order valence-electron chi connectivity index (χ0n) is 14.8. The van der Waals surface area contributed by atoms with E-state index in [1.165, 1.54) is 32.1 Å². The molecule has 0 saturated carbocycles. The van der Waals surface area contributed by atoms with Crippen molar-refractivity contribution in [2.75, 3.05) is 13.1 Å². The van der Waals surface area contributed by atoms with E-state index in [2.05, 4.69) is 6.92 Å². The number of carbonyl (C=O) groups is 3. The Morgan fingerprint density at radius 3 is 1.75 bits per heavy atom. The zero-order chi connectivity index (χ0) is 18.0. The number of nitrogens with zero attached hydrogens (tertiary/aromatic N) is 1. The van der Waals surface area contributed by atoms with Crippen molar-refractivity contribution < 1.29 is 24.6 Å². The van der Waals surface area contributed by atoms with Gasteiger partial charge in [0.15, 0.2) is 5.41 Å². The highest BCUT2D eigenvalue weighted by Crippen LogP contribution is 2.32. The minimum Gasteiger partial charge on any atom is -0.480 e. The number of unbranched alkanes of at least 4 members (excludes halogenated alkanes) is 7. The van der Waals surface area contributed by atoms with Crippen LogP contribution < -0.4 is 0 Å². The Kier molecular flexibility index (Phi) is 8.79. The summed E-state index contributed by atoms with van der Waals surface area (Å²) in [5.74, 6) is -2.58. The molecule has 1 rings (SSSR count). The van der Waals surface area contributed by atoms with Gasteiger partial charge in [0.25, 0.3) is 0 Å². The molecule has 1 fully saturated rings. The van der Waals surface area contributed by atoms with Crippen LogP contribution in [0.15, 0.2) is 0 Å². The molecule has 0 aromatic heterocycles. The van der Waals surface area contributed by atoms with Crippen molar-refractivity contribution >= 4 is 17.8 Å². The number of likely N-dealkylation sites (tertiary alicyclic amines) is 1. The molecule has 6 heteroatoms. The summed E-state index contributed by atoms with van der Waals surface area (Å²) in [6.45, 7) is 2.63. The van der Waals surface area contributed by atoms with E-state index >= 15 is 0 Å². The molecule has 0 spiro atoms. The molecule has 0 aromatic rings. The number of amides is 1. The number of carboxylic acid groups (broad SMARTS) is 2. The van der Waals surface area contributed by atoms with Crippen LogP contribution in [0.5, 0.6) is 0 Å². The first-order valence-electron chi connectivity index (χ1n) is 9.18. The van der Waals surface area contributed by atoms with E-state index in [1.54, 1.807) is 4.90 Å². The number of rotatable bonds is 11. The number of aliphatic carboxylic acids is 2. The van der Waals surface area contributed by atoms with E-state index in [1.807, 2.05) is 0 Å². The first-order chi connectivity index (χ1) is 11.4. The first kappa shape index (κ1) is 20.5.